The van der Waals surface area contributed by atoms with Crippen LogP contribution < -0.4 is 4.90 Å². The number of rotatable bonds is 4. The van der Waals surface area contributed by atoms with Gasteiger partial charge in [0, 0.05) is 38.3 Å². The van der Waals surface area contributed by atoms with Crippen LogP contribution in [0.1, 0.15) is 17.5 Å². The number of carbonyl (C=O) groups is 1. The molecule has 2 heterocycles. The van der Waals surface area contributed by atoms with E-state index >= 15 is 0 Å². The molecule has 2 aliphatic rings. The van der Waals surface area contributed by atoms with E-state index in [1.165, 1.54) is 11.6 Å². The Kier molecular flexibility index (Phi) is 5.23. The number of halogens is 1. The van der Waals surface area contributed by atoms with Crippen molar-refractivity contribution >= 4 is 11.6 Å². The minimum Gasteiger partial charge on any atom is -0.379 e. The van der Waals surface area contributed by atoms with Gasteiger partial charge >= 0.3 is 0 Å². The van der Waals surface area contributed by atoms with Crippen molar-refractivity contribution in [2.24, 2.45) is 0 Å². The van der Waals surface area contributed by atoms with Crippen molar-refractivity contribution in [1.29, 1.82) is 0 Å². The second-order valence-electron chi connectivity index (χ2n) is 7.30. The molecule has 4 nitrogen and oxygen atoms in total. The first-order valence-electron chi connectivity index (χ1n) is 9.62. The highest BCUT2D eigenvalue weighted by Gasteiger charge is 2.25. The van der Waals surface area contributed by atoms with Gasteiger partial charge in [-0.15, -0.1) is 0 Å². The van der Waals surface area contributed by atoms with Gasteiger partial charge in [-0.2, -0.15) is 0 Å². The van der Waals surface area contributed by atoms with E-state index in [9.17, 15) is 9.18 Å². The molecule has 0 unspecified atom stereocenters. The van der Waals surface area contributed by atoms with Crippen LogP contribution in [-0.4, -0.2) is 50.2 Å². The Balaban J connectivity index is 1.60. The van der Waals surface area contributed by atoms with Crippen molar-refractivity contribution in [3.63, 3.8) is 0 Å². The molecule has 142 valence electrons. The average molecular weight is 368 g/mol. The van der Waals surface area contributed by atoms with E-state index in [1.54, 1.807) is 6.07 Å². The SMILES string of the molecule is Cc1cc(F)ccc1-c1ccc2c(c1)N(CCN1CCOCC1)C(=O)CC2. The summed E-state index contributed by atoms with van der Waals surface area (Å²) in [5.41, 5.74) is 5.14. The van der Waals surface area contributed by atoms with E-state index in [4.69, 9.17) is 4.74 Å². The highest BCUT2D eigenvalue weighted by Crippen LogP contribution is 2.34. The first-order chi connectivity index (χ1) is 13.1. The van der Waals surface area contributed by atoms with Crippen LogP contribution in [0.5, 0.6) is 0 Å². The van der Waals surface area contributed by atoms with Gasteiger partial charge in [0.2, 0.25) is 5.91 Å². The molecule has 0 atom stereocenters. The minimum absolute atomic E-state index is 0.184. The largest absolute Gasteiger partial charge is 0.379 e. The summed E-state index contributed by atoms with van der Waals surface area (Å²) in [6.45, 7) is 6.83. The van der Waals surface area contributed by atoms with E-state index in [2.05, 4.69) is 23.1 Å². The molecule has 1 fully saturated rings. The smallest absolute Gasteiger partial charge is 0.227 e. The monoisotopic (exact) mass is 368 g/mol. The molecule has 4 rings (SSSR count). The third kappa shape index (κ3) is 3.89. The van der Waals surface area contributed by atoms with Gasteiger partial charge in [-0.25, -0.2) is 4.39 Å². The maximum absolute atomic E-state index is 13.5. The summed E-state index contributed by atoms with van der Waals surface area (Å²) in [7, 11) is 0. The maximum atomic E-state index is 13.5. The van der Waals surface area contributed by atoms with E-state index in [0.29, 0.717) is 13.0 Å². The molecule has 1 amide bonds. The summed E-state index contributed by atoms with van der Waals surface area (Å²) >= 11 is 0. The molecule has 0 bridgehead atoms. The summed E-state index contributed by atoms with van der Waals surface area (Å²) in [6.07, 6.45) is 1.34. The maximum Gasteiger partial charge on any atom is 0.227 e. The van der Waals surface area contributed by atoms with Crippen LogP contribution in [0.3, 0.4) is 0 Å². The molecule has 0 saturated carbocycles. The fraction of sp³-hybridized carbons (Fsp3) is 0.409. The number of anilines is 1. The Morgan fingerprint density at radius 2 is 1.85 bits per heavy atom. The number of carbonyl (C=O) groups excluding carboxylic acids is 1. The Labute approximate surface area is 159 Å². The molecule has 0 N–H and O–H groups in total. The van der Waals surface area contributed by atoms with Gasteiger partial charge in [-0.05, 0) is 53.8 Å². The molecule has 0 aromatic heterocycles. The van der Waals surface area contributed by atoms with Gasteiger partial charge in [-0.1, -0.05) is 18.2 Å². The predicted octanol–water partition coefficient (Wildman–Crippen LogP) is 3.41. The lowest BCUT2D eigenvalue weighted by Gasteiger charge is -2.33. The number of morpholine rings is 1. The van der Waals surface area contributed by atoms with Crippen LogP contribution in [-0.2, 0) is 16.0 Å². The number of fused-ring (bicyclic) bond motifs is 1. The number of nitrogens with zero attached hydrogens (tertiary/aromatic N) is 2. The number of aryl methyl sites for hydroxylation is 2. The van der Waals surface area contributed by atoms with Crippen molar-refractivity contribution in [2.45, 2.75) is 19.8 Å². The number of ether oxygens (including phenoxy) is 1. The minimum atomic E-state index is -0.225. The van der Waals surface area contributed by atoms with Crippen LogP contribution in [0.25, 0.3) is 11.1 Å². The molecule has 0 aliphatic carbocycles. The summed E-state index contributed by atoms with van der Waals surface area (Å²) in [4.78, 5) is 16.9. The highest BCUT2D eigenvalue weighted by atomic mass is 19.1. The fourth-order valence-corrected chi connectivity index (χ4v) is 3.97. The van der Waals surface area contributed by atoms with Crippen LogP contribution in [0, 0.1) is 12.7 Å². The van der Waals surface area contributed by atoms with Crippen LogP contribution in [0.2, 0.25) is 0 Å². The first kappa shape index (κ1) is 18.1. The molecule has 2 aromatic carbocycles. The lowest BCUT2D eigenvalue weighted by Crippen LogP contribution is -2.44. The van der Waals surface area contributed by atoms with Gasteiger partial charge < -0.3 is 9.64 Å². The van der Waals surface area contributed by atoms with E-state index in [-0.39, 0.29) is 11.7 Å². The third-order valence-electron chi connectivity index (χ3n) is 5.53. The van der Waals surface area contributed by atoms with E-state index < -0.39 is 0 Å². The Hall–Kier alpha value is -2.24. The zero-order chi connectivity index (χ0) is 18.8. The van der Waals surface area contributed by atoms with E-state index in [0.717, 1.165) is 61.6 Å². The molecular formula is C22H25FN2O2. The van der Waals surface area contributed by atoms with Crippen molar-refractivity contribution in [1.82, 2.24) is 4.90 Å². The normalized spacial score (nSPS) is 17.9. The lowest BCUT2D eigenvalue weighted by molar-refractivity contribution is -0.119. The zero-order valence-corrected chi connectivity index (χ0v) is 15.7. The lowest BCUT2D eigenvalue weighted by atomic mass is 9.94. The Morgan fingerprint density at radius 3 is 2.63 bits per heavy atom. The molecule has 1 saturated heterocycles. The van der Waals surface area contributed by atoms with Crippen molar-refractivity contribution in [3.05, 3.63) is 53.3 Å². The molecule has 2 aromatic rings. The molecule has 0 spiro atoms. The number of amides is 1. The highest BCUT2D eigenvalue weighted by molar-refractivity contribution is 5.97. The van der Waals surface area contributed by atoms with Crippen LogP contribution in [0.4, 0.5) is 10.1 Å². The number of hydrogen-bond acceptors (Lipinski definition) is 3. The van der Waals surface area contributed by atoms with Crippen molar-refractivity contribution in [2.75, 3.05) is 44.3 Å². The Morgan fingerprint density at radius 1 is 1.04 bits per heavy atom. The van der Waals surface area contributed by atoms with Crippen molar-refractivity contribution in [3.8, 4) is 11.1 Å². The quantitative estimate of drug-likeness (QED) is 0.829. The molecule has 2 aliphatic heterocycles. The third-order valence-corrected chi connectivity index (χ3v) is 5.53. The van der Waals surface area contributed by atoms with Gasteiger partial charge in [0.25, 0.3) is 0 Å². The molecular weight excluding hydrogens is 343 g/mol. The van der Waals surface area contributed by atoms with Gasteiger partial charge in [0.1, 0.15) is 5.82 Å². The number of hydrogen-bond donors (Lipinski definition) is 0. The van der Waals surface area contributed by atoms with Gasteiger partial charge in [0.05, 0.1) is 13.2 Å². The molecule has 5 heteroatoms. The van der Waals surface area contributed by atoms with E-state index in [1.807, 2.05) is 17.9 Å². The van der Waals surface area contributed by atoms with Gasteiger partial charge in [0.15, 0.2) is 0 Å². The molecule has 27 heavy (non-hydrogen) atoms. The fourth-order valence-electron chi connectivity index (χ4n) is 3.97. The second-order valence-corrected chi connectivity index (χ2v) is 7.30. The zero-order valence-electron chi connectivity index (χ0n) is 15.7. The average Bonchev–Trinajstić information content (AvgIpc) is 2.68. The summed E-state index contributed by atoms with van der Waals surface area (Å²) in [6, 6.07) is 11.1. The topological polar surface area (TPSA) is 32.8 Å². The summed E-state index contributed by atoms with van der Waals surface area (Å²) in [5, 5.41) is 0. The summed E-state index contributed by atoms with van der Waals surface area (Å²) < 4.78 is 18.9. The first-order valence-corrected chi connectivity index (χ1v) is 9.62. The summed E-state index contributed by atoms with van der Waals surface area (Å²) in [5.74, 6) is -0.0414. The predicted molar refractivity (Wildman–Crippen MR) is 105 cm³/mol. The standard InChI is InChI=1S/C22H25FN2O2/c1-16-14-19(23)5-6-20(16)18-3-2-17-4-7-22(26)25(21(17)15-18)9-8-24-10-12-27-13-11-24/h2-3,5-6,14-15H,4,7-13H2,1H3. The second kappa shape index (κ2) is 7.79. The van der Waals surface area contributed by atoms with Crippen LogP contribution in [0.15, 0.2) is 36.4 Å². The van der Waals surface area contributed by atoms with Crippen LogP contribution >= 0.6 is 0 Å². The van der Waals surface area contributed by atoms with Crippen molar-refractivity contribution < 1.29 is 13.9 Å². The van der Waals surface area contributed by atoms with Gasteiger partial charge in [-0.3, -0.25) is 9.69 Å². The Bertz CT molecular complexity index is 846. The molecule has 0 radical (unpaired) electrons. The number of benzene rings is 2.